The number of aliphatic imine (C=N–C) groups is 1. The van der Waals surface area contributed by atoms with E-state index in [1.165, 1.54) is 0 Å². The van der Waals surface area contributed by atoms with Crippen molar-refractivity contribution < 1.29 is 0 Å². The Morgan fingerprint density at radius 3 is 2.47 bits per heavy atom. The van der Waals surface area contributed by atoms with Crippen LogP contribution in [0.15, 0.2) is 35.5 Å². The molecule has 1 rings (SSSR count). The van der Waals surface area contributed by atoms with Gasteiger partial charge in [-0.25, -0.2) is 9.97 Å². The van der Waals surface area contributed by atoms with Crippen molar-refractivity contribution in [2.45, 2.75) is 20.8 Å². The summed E-state index contributed by atoms with van der Waals surface area (Å²) in [6.07, 6.45) is 7.25. The number of aryl methyl sites for hydroxylation is 2. The molecule has 0 radical (unpaired) electrons. The summed E-state index contributed by atoms with van der Waals surface area (Å²) >= 11 is 0. The van der Waals surface area contributed by atoms with E-state index < -0.39 is 0 Å². The van der Waals surface area contributed by atoms with Gasteiger partial charge >= 0.3 is 0 Å². The van der Waals surface area contributed by atoms with Gasteiger partial charge in [0.1, 0.15) is 5.82 Å². The van der Waals surface area contributed by atoms with Gasteiger partial charge in [-0.3, -0.25) is 4.99 Å². The van der Waals surface area contributed by atoms with Crippen molar-refractivity contribution in [2.24, 2.45) is 10.7 Å². The summed E-state index contributed by atoms with van der Waals surface area (Å²) < 4.78 is 0. The molecule has 0 amide bonds. The van der Waals surface area contributed by atoms with E-state index in [2.05, 4.69) is 21.5 Å². The van der Waals surface area contributed by atoms with E-state index in [0.717, 1.165) is 34.0 Å². The van der Waals surface area contributed by atoms with Crippen molar-refractivity contribution >= 4 is 11.8 Å². The Bertz CT molecular complexity index is 562. The second kappa shape index (κ2) is 6.64. The van der Waals surface area contributed by atoms with Crippen molar-refractivity contribution in [1.82, 2.24) is 9.97 Å². The van der Waals surface area contributed by atoms with E-state index >= 15 is 0 Å². The van der Waals surface area contributed by atoms with E-state index in [-0.39, 0.29) is 0 Å². The fourth-order valence-electron chi connectivity index (χ4n) is 1.69. The topological polar surface area (TPSA) is 64.2 Å². The number of rotatable bonds is 4. The van der Waals surface area contributed by atoms with Crippen molar-refractivity contribution in [1.29, 1.82) is 0 Å². The lowest BCUT2D eigenvalue weighted by Crippen LogP contribution is -2.04. The van der Waals surface area contributed by atoms with Crippen LogP contribution < -0.4 is 5.73 Å². The fourth-order valence-corrected chi connectivity index (χ4v) is 1.69. The third-order valence-corrected chi connectivity index (χ3v) is 2.53. The van der Waals surface area contributed by atoms with Gasteiger partial charge in [-0.15, -0.1) is 0 Å². The minimum absolute atomic E-state index is 0.724. The van der Waals surface area contributed by atoms with Gasteiger partial charge in [-0.05, 0) is 26.8 Å². The average molecular weight is 256 g/mol. The highest BCUT2D eigenvalue weighted by molar-refractivity contribution is 5.90. The molecule has 4 nitrogen and oxygen atoms in total. The molecule has 0 bridgehead atoms. The summed E-state index contributed by atoms with van der Waals surface area (Å²) in [6, 6.07) is 0. The molecule has 0 aromatic carbocycles. The van der Waals surface area contributed by atoms with Crippen LogP contribution in [0.25, 0.3) is 5.57 Å². The highest BCUT2D eigenvalue weighted by Gasteiger charge is 2.10. The standard InChI is InChI=1S/C15H20N4/c1-6-13(8-7-10(2)16)15-14(9-17-5)11(3)18-12(4)19-15/h6-9H,1,16H2,2-5H3/b10-7+,13-8+,17-9-. The van der Waals surface area contributed by atoms with Gasteiger partial charge in [0, 0.05) is 30.1 Å². The Kier molecular flexibility index (Phi) is 5.18. The normalized spacial score (nSPS) is 13.1. The summed E-state index contributed by atoms with van der Waals surface area (Å²) in [5, 5.41) is 0. The molecule has 0 aliphatic rings. The first-order chi connectivity index (χ1) is 8.99. The second-order valence-corrected chi connectivity index (χ2v) is 4.24. The quantitative estimate of drug-likeness (QED) is 0.665. The van der Waals surface area contributed by atoms with Gasteiger partial charge in [0.15, 0.2) is 0 Å². The van der Waals surface area contributed by atoms with Crippen molar-refractivity contribution in [3.63, 3.8) is 0 Å². The molecular formula is C15H20N4. The van der Waals surface area contributed by atoms with Crippen LogP contribution in [0.3, 0.4) is 0 Å². The number of nitrogens with zero attached hydrogens (tertiary/aromatic N) is 3. The monoisotopic (exact) mass is 256 g/mol. The van der Waals surface area contributed by atoms with E-state index in [9.17, 15) is 0 Å². The molecule has 2 N–H and O–H groups in total. The third-order valence-electron chi connectivity index (χ3n) is 2.53. The Labute approximate surface area is 114 Å². The molecule has 1 heterocycles. The van der Waals surface area contributed by atoms with E-state index in [1.807, 2.05) is 32.9 Å². The molecule has 0 saturated heterocycles. The van der Waals surface area contributed by atoms with Crippen molar-refractivity contribution in [3.05, 3.63) is 53.3 Å². The maximum atomic E-state index is 5.65. The largest absolute Gasteiger partial charge is 0.402 e. The van der Waals surface area contributed by atoms with Crippen molar-refractivity contribution in [3.8, 4) is 0 Å². The lowest BCUT2D eigenvalue weighted by atomic mass is 10.0. The van der Waals surface area contributed by atoms with Crippen LogP contribution in [0.1, 0.15) is 29.7 Å². The molecule has 0 saturated carbocycles. The number of nitrogens with two attached hydrogens (primary N) is 1. The van der Waals surface area contributed by atoms with Crippen molar-refractivity contribution in [2.75, 3.05) is 7.05 Å². The lowest BCUT2D eigenvalue weighted by Gasteiger charge is -2.09. The highest BCUT2D eigenvalue weighted by Crippen LogP contribution is 2.19. The molecule has 0 aliphatic carbocycles. The number of aromatic nitrogens is 2. The summed E-state index contributed by atoms with van der Waals surface area (Å²) in [6.45, 7) is 9.48. The summed E-state index contributed by atoms with van der Waals surface area (Å²) in [7, 11) is 1.73. The van der Waals surface area contributed by atoms with Gasteiger partial charge in [0.2, 0.25) is 0 Å². The van der Waals surface area contributed by atoms with Crippen LogP contribution in [0.5, 0.6) is 0 Å². The van der Waals surface area contributed by atoms with Gasteiger partial charge in [-0.2, -0.15) is 0 Å². The Hall–Kier alpha value is -2.23. The lowest BCUT2D eigenvalue weighted by molar-refractivity contribution is 0.993. The number of hydrogen-bond acceptors (Lipinski definition) is 4. The van der Waals surface area contributed by atoms with E-state index in [1.54, 1.807) is 19.3 Å². The van der Waals surface area contributed by atoms with Gasteiger partial charge < -0.3 is 5.73 Å². The zero-order chi connectivity index (χ0) is 14.4. The minimum atomic E-state index is 0.724. The first kappa shape index (κ1) is 14.8. The minimum Gasteiger partial charge on any atom is -0.402 e. The molecule has 100 valence electrons. The Morgan fingerprint density at radius 2 is 1.95 bits per heavy atom. The summed E-state index contributed by atoms with van der Waals surface area (Å²) in [5.41, 5.74) is 9.90. The third kappa shape index (κ3) is 3.88. The van der Waals surface area contributed by atoms with Gasteiger partial charge in [-0.1, -0.05) is 18.7 Å². The zero-order valence-electron chi connectivity index (χ0n) is 11.9. The van der Waals surface area contributed by atoms with Crippen LogP contribution in [-0.4, -0.2) is 23.2 Å². The number of allylic oxidation sites excluding steroid dienone is 5. The molecule has 1 aromatic rings. The van der Waals surface area contributed by atoms with Crippen LogP contribution in [0.2, 0.25) is 0 Å². The molecule has 19 heavy (non-hydrogen) atoms. The maximum absolute atomic E-state index is 5.65. The molecule has 0 fully saturated rings. The Balaban J connectivity index is 3.50. The zero-order valence-corrected chi connectivity index (χ0v) is 11.9. The van der Waals surface area contributed by atoms with E-state index in [4.69, 9.17) is 5.73 Å². The summed E-state index contributed by atoms with van der Waals surface area (Å²) in [4.78, 5) is 12.9. The molecule has 0 spiro atoms. The highest BCUT2D eigenvalue weighted by atomic mass is 14.9. The predicted octanol–water partition coefficient (Wildman–Crippen LogP) is 2.57. The maximum Gasteiger partial charge on any atom is 0.126 e. The molecule has 4 heteroatoms. The molecular weight excluding hydrogens is 236 g/mol. The van der Waals surface area contributed by atoms with Crippen LogP contribution in [0.4, 0.5) is 0 Å². The molecule has 0 unspecified atom stereocenters. The van der Waals surface area contributed by atoms with Crippen LogP contribution in [-0.2, 0) is 0 Å². The first-order valence-corrected chi connectivity index (χ1v) is 6.03. The molecule has 1 aromatic heterocycles. The van der Waals surface area contributed by atoms with Gasteiger partial charge in [0.25, 0.3) is 0 Å². The summed E-state index contributed by atoms with van der Waals surface area (Å²) in [5.74, 6) is 0.724. The fraction of sp³-hybridized carbons (Fsp3) is 0.267. The Morgan fingerprint density at radius 1 is 1.26 bits per heavy atom. The molecule has 0 aliphatic heterocycles. The smallest absolute Gasteiger partial charge is 0.126 e. The molecule has 0 atom stereocenters. The van der Waals surface area contributed by atoms with Crippen LogP contribution >= 0.6 is 0 Å². The van der Waals surface area contributed by atoms with Crippen LogP contribution in [0, 0.1) is 13.8 Å². The van der Waals surface area contributed by atoms with Gasteiger partial charge in [0.05, 0.1) is 11.4 Å². The average Bonchev–Trinajstić information content (AvgIpc) is 2.33. The second-order valence-electron chi connectivity index (χ2n) is 4.24. The predicted molar refractivity (Wildman–Crippen MR) is 81.1 cm³/mol. The first-order valence-electron chi connectivity index (χ1n) is 6.03. The van der Waals surface area contributed by atoms with E-state index in [0.29, 0.717) is 0 Å². The number of hydrogen-bond donors (Lipinski definition) is 1. The SMILES string of the molecule is C=C/C(=C\C=C(/C)N)c1nc(C)nc(C)c1/C=N\C.